The molecule has 3 aromatic rings. The number of hydrogen-bond acceptors (Lipinski definition) is 2. The molecule has 0 atom stereocenters. The van der Waals surface area contributed by atoms with Gasteiger partial charge in [0, 0.05) is 16.8 Å². The third-order valence-corrected chi connectivity index (χ3v) is 3.89. The largest absolute Gasteiger partial charge is 0.191 e. The SMILES string of the molecule is ClCc1ccc(-c2nsc3ccccc23)cc1. The quantitative estimate of drug-likeness (QED) is 0.608. The summed E-state index contributed by atoms with van der Waals surface area (Å²) in [7, 11) is 0. The zero-order valence-corrected chi connectivity index (χ0v) is 10.6. The summed E-state index contributed by atoms with van der Waals surface area (Å²) >= 11 is 7.33. The monoisotopic (exact) mass is 259 g/mol. The molecule has 3 heteroatoms. The van der Waals surface area contributed by atoms with E-state index in [1.807, 2.05) is 12.1 Å². The van der Waals surface area contributed by atoms with Crippen LogP contribution in [0.5, 0.6) is 0 Å². The van der Waals surface area contributed by atoms with Crippen molar-refractivity contribution in [1.29, 1.82) is 0 Å². The summed E-state index contributed by atoms with van der Waals surface area (Å²) in [5.41, 5.74) is 3.35. The predicted octanol–water partition coefficient (Wildman–Crippen LogP) is 4.70. The van der Waals surface area contributed by atoms with Gasteiger partial charge in [-0.15, -0.1) is 11.6 Å². The molecule has 1 heterocycles. The van der Waals surface area contributed by atoms with Crippen LogP contribution in [0.15, 0.2) is 48.5 Å². The van der Waals surface area contributed by atoms with Crippen LogP contribution in [0.25, 0.3) is 21.3 Å². The lowest BCUT2D eigenvalue weighted by atomic mass is 10.1. The highest BCUT2D eigenvalue weighted by atomic mass is 35.5. The van der Waals surface area contributed by atoms with E-state index in [4.69, 9.17) is 11.6 Å². The molecule has 1 aromatic heterocycles. The Morgan fingerprint density at radius 1 is 1.00 bits per heavy atom. The van der Waals surface area contributed by atoms with Crippen LogP contribution in [0.1, 0.15) is 5.56 Å². The van der Waals surface area contributed by atoms with Crippen molar-refractivity contribution >= 4 is 33.2 Å². The number of rotatable bonds is 2. The first-order valence-corrected chi connectivity index (χ1v) is 6.69. The summed E-state index contributed by atoms with van der Waals surface area (Å²) in [6, 6.07) is 16.6. The van der Waals surface area contributed by atoms with Crippen molar-refractivity contribution in [3.63, 3.8) is 0 Å². The van der Waals surface area contributed by atoms with E-state index >= 15 is 0 Å². The van der Waals surface area contributed by atoms with Gasteiger partial charge in [-0.3, -0.25) is 0 Å². The van der Waals surface area contributed by atoms with Gasteiger partial charge in [-0.05, 0) is 23.2 Å². The van der Waals surface area contributed by atoms with Gasteiger partial charge in [0.05, 0.1) is 10.4 Å². The van der Waals surface area contributed by atoms with Crippen molar-refractivity contribution in [2.45, 2.75) is 5.88 Å². The summed E-state index contributed by atoms with van der Waals surface area (Å²) < 4.78 is 5.76. The molecule has 0 aliphatic carbocycles. The first-order valence-electron chi connectivity index (χ1n) is 5.38. The van der Waals surface area contributed by atoms with Crippen LogP contribution in [0.4, 0.5) is 0 Å². The maximum Gasteiger partial charge on any atom is 0.0919 e. The molecule has 0 fully saturated rings. The first-order chi connectivity index (χ1) is 8.38. The van der Waals surface area contributed by atoms with Gasteiger partial charge in [0.1, 0.15) is 0 Å². The lowest BCUT2D eigenvalue weighted by Crippen LogP contribution is -1.80. The molecule has 0 amide bonds. The average Bonchev–Trinajstić information content (AvgIpc) is 2.83. The molecule has 0 unspecified atom stereocenters. The standard InChI is InChI=1S/C14H10ClNS/c15-9-10-5-7-11(8-6-10)14-12-3-1-2-4-13(12)17-16-14/h1-8H,9H2. The Morgan fingerprint density at radius 2 is 1.76 bits per heavy atom. The molecule has 0 saturated heterocycles. The second kappa shape index (κ2) is 4.47. The van der Waals surface area contributed by atoms with E-state index in [9.17, 15) is 0 Å². The number of benzene rings is 2. The molecule has 0 radical (unpaired) electrons. The molecule has 1 nitrogen and oxygen atoms in total. The minimum atomic E-state index is 0.554. The molecule has 0 bridgehead atoms. The summed E-state index contributed by atoms with van der Waals surface area (Å²) in [5.74, 6) is 0.554. The minimum absolute atomic E-state index is 0.554. The van der Waals surface area contributed by atoms with Crippen molar-refractivity contribution in [2.75, 3.05) is 0 Å². The van der Waals surface area contributed by atoms with E-state index in [0.29, 0.717) is 5.88 Å². The summed E-state index contributed by atoms with van der Waals surface area (Å²) in [6.45, 7) is 0. The lowest BCUT2D eigenvalue weighted by Gasteiger charge is -1.99. The summed E-state index contributed by atoms with van der Waals surface area (Å²) in [5, 5.41) is 1.22. The molecule has 2 aromatic carbocycles. The van der Waals surface area contributed by atoms with Crippen molar-refractivity contribution in [3.8, 4) is 11.3 Å². The van der Waals surface area contributed by atoms with E-state index in [1.165, 1.54) is 10.1 Å². The maximum absolute atomic E-state index is 5.79. The molecular weight excluding hydrogens is 250 g/mol. The average molecular weight is 260 g/mol. The molecule has 84 valence electrons. The fourth-order valence-corrected chi connectivity index (χ4v) is 2.82. The lowest BCUT2D eigenvalue weighted by molar-refractivity contribution is 1.40. The topological polar surface area (TPSA) is 12.9 Å². The second-order valence-electron chi connectivity index (χ2n) is 3.86. The number of aromatic nitrogens is 1. The number of hydrogen-bond donors (Lipinski definition) is 0. The molecule has 0 spiro atoms. The molecular formula is C14H10ClNS. The van der Waals surface area contributed by atoms with Gasteiger partial charge in [0.2, 0.25) is 0 Å². The van der Waals surface area contributed by atoms with Gasteiger partial charge in [-0.25, -0.2) is 0 Å². The van der Waals surface area contributed by atoms with Crippen LogP contribution in [0.3, 0.4) is 0 Å². The molecule has 0 aliphatic rings. The minimum Gasteiger partial charge on any atom is -0.191 e. The Kier molecular flexibility index (Phi) is 2.83. The highest BCUT2D eigenvalue weighted by Crippen LogP contribution is 2.30. The van der Waals surface area contributed by atoms with Crippen molar-refractivity contribution in [2.24, 2.45) is 0 Å². The summed E-state index contributed by atoms with van der Waals surface area (Å²) in [6.07, 6.45) is 0. The van der Waals surface area contributed by atoms with E-state index in [1.54, 1.807) is 11.5 Å². The first kappa shape index (κ1) is 10.8. The fraction of sp³-hybridized carbons (Fsp3) is 0.0714. The Bertz CT molecular complexity index is 643. The predicted molar refractivity (Wildman–Crippen MR) is 74.6 cm³/mol. The van der Waals surface area contributed by atoms with Crippen LogP contribution >= 0.6 is 23.1 Å². The van der Waals surface area contributed by atoms with E-state index < -0.39 is 0 Å². The Balaban J connectivity index is 2.13. The van der Waals surface area contributed by atoms with E-state index in [-0.39, 0.29) is 0 Å². The highest BCUT2D eigenvalue weighted by molar-refractivity contribution is 7.13. The second-order valence-corrected chi connectivity index (χ2v) is 4.93. The number of alkyl halides is 1. The number of nitrogens with zero attached hydrogens (tertiary/aromatic N) is 1. The molecule has 0 aliphatic heterocycles. The van der Waals surface area contributed by atoms with Crippen LogP contribution in [0.2, 0.25) is 0 Å². The molecule has 0 N–H and O–H groups in total. The third-order valence-electron chi connectivity index (χ3n) is 2.76. The van der Waals surface area contributed by atoms with Crippen molar-refractivity contribution in [1.82, 2.24) is 4.37 Å². The van der Waals surface area contributed by atoms with Crippen LogP contribution in [-0.2, 0) is 5.88 Å². The normalized spacial score (nSPS) is 10.9. The van der Waals surface area contributed by atoms with Gasteiger partial charge in [0.25, 0.3) is 0 Å². The van der Waals surface area contributed by atoms with Crippen molar-refractivity contribution < 1.29 is 0 Å². The van der Waals surface area contributed by atoms with Gasteiger partial charge in [-0.2, -0.15) is 4.37 Å². The molecule has 3 rings (SSSR count). The Hall–Kier alpha value is -1.38. The Morgan fingerprint density at radius 3 is 2.53 bits per heavy atom. The van der Waals surface area contributed by atoms with Crippen LogP contribution in [0, 0.1) is 0 Å². The zero-order valence-electron chi connectivity index (χ0n) is 9.06. The van der Waals surface area contributed by atoms with Gasteiger partial charge < -0.3 is 0 Å². The third kappa shape index (κ3) is 1.94. The number of fused-ring (bicyclic) bond motifs is 1. The smallest absolute Gasteiger partial charge is 0.0919 e. The van der Waals surface area contributed by atoms with E-state index in [2.05, 4.69) is 40.8 Å². The van der Waals surface area contributed by atoms with Crippen LogP contribution < -0.4 is 0 Å². The summed E-state index contributed by atoms with van der Waals surface area (Å²) in [4.78, 5) is 0. The number of halogens is 1. The fourth-order valence-electron chi connectivity index (χ4n) is 1.85. The maximum atomic E-state index is 5.79. The van der Waals surface area contributed by atoms with Gasteiger partial charge in [-0.1, -0.05) is 42.5 Å². The van der Waals surface area contributed by atoms with Crippen molar-refractivity contribution in [3.05, 3.63) is 54.1 Å². The molecule has 17 heavy (non-hydrogen) atoms. The van der Waals surface area contributed by atoms with Gasteiger partial charge >= 0.3 is 0 Å². The zero-order chi connectivity index (χ0) is 11.7. The highest BCUT2D eigenvalue weighted by Gasteiger charge is 2.07. The Labute approximate surface area is 109 Å². The molecule has 0 saturated carbocycles. The van der Waals surface area contributed by atoms with Gasteiger partial charge in [0.15, 0.2) is 0 Å². The van der Waals surface area contributed by atoms with E-state index in [0.717, 1.165) is 16.8 Å². The van der Waals surface area contributed by atoms with Crippen LogP contribution in [-0.4, -0.2) is 4.37 Å².